The molecule has 0 aliphatic carbocycles. The number of hydrogen-bond donors (Lipinski definition) is 1. The lowest BCUT2D eigenvalue weighted by Gasteiger charge is -2.19. The van der Waals surface area contributed by atoms with E-state index in [1.165, 1.54) is 0 Å². The van der Waals surface area contributed by atoms with E-state index in [0.29, 0.717) is 0 Å². The number of rotatable bonds is 2. The summed E-state index contributed by atoms with van der Waals surface area (Å²) in [6.07, 6.45) is 0. The van der Waals surface area contributed by atoms with E-state index in [-0.39, 0.29) is 0 Å². The number of carbonyl (C=O) groups excluding carboxylic acids is 2. The standard InChI is InChI=1S/C5H8O4/c1-3(6)5(2,9)4(7)8/h9H,1-2H3,(H,7,8)/p-1/t5-/m0/s1. The van der Waals surface area contributed by atoms with Crippen molar-refractivity contribution in [2.45, 2.75) is 19.4 Å². The van der Waals surface area contributed by atoms with Crippen molar-refractivity contribution in [2.75, 3.05) is 0 Å². The highest BCUT2D eigenvalue weighted by atomic mass is 16.4. The van der Waals surface area contributed by atoms with Crippen LogP contribution in [0.15, 0.2) is 0 Å². The van der Waals surface area contributed by atoms with Crippen molar-refractivity contribution >= 4 is 11.8 Å². The van der Waals surface area contributed by atoms with Crippen molar-refractivity contribution in [3.8, 4) is 0 Å². The molecule has 0 aromatic carbocycles. The topological polar surface area (TPSA) is 77.4 Å². The van der Waals surface area contributed by atoms with Crippen molar-refractivity contribution in [2.24, 2.45) is 0 Å². The molecule has 0 rings (SSSR count). The van der Waals surface area contributed by atoms with E-state index < -0.39 is 17.4 Å². The summed E-state index contributed by atoms with van der Waals surface area (Å²) >= 11 is 0. The molecule has 0 unspecified atom stereocenters. The molecule has 0 aromatic heterocycles. The molecule has 0 saturated carbocycles. The number of hydrogen-bond acceptors (Lipinski definition) is 4. The average molecular weight is 131 g/mol. The Morgan fingerprint density at radius 3 is 1.89 bits per heavy atom. The molecular weight excluding hydrogens is 124 g/mol. The Morgan fingerprint density at radius 2 is 1.89 bits per heavy atom. The highest BCUT2D eigenvalue weighted by Crippen LogP contribution is 2.01. The van der Waals surface area contributed by atoms with E-state index in [4.69, 9.17) is 5.11 Å². The van der Waals surface area contributed by atoms with Crippen LogP contribution in [-0.2, 0) is 9.59 Å². The van der Waals surface area contributed by atoms with Gasteiger partial charge in [-0.05, 0) is 13.8 Å². The monoisotopic (exact) mass is 131 g/mol. The van der Waals surface area contributed by atoms with E-state index in [0.717, 1.165) is 13.8 Å². The van der Waals surface area contributed by atoms with E-state index in [2.05, 4.69) is 0 Å². The van der Waals surface area contributed by atoms with Crippen molar-refractivity contribution in [1.82, 2.24) is 0 Å². The molecule has 52 valence electrons. The molecule has 0 amide bonds. The van der Waals surface area contributed by atoms with Gasteiger partial charge in [-0.3, -0.25) is 4.79 Å². The minimum absolute atomic E-state index is 0.831. The van der Waals surface area contributed by atoms with Gasteiger partial charge in [-0.2, -0.15) is 0 Å². The van der Waals surface area contributed by atoms with Gasteiger partial charge in [0.05, 0.1) is 5.97 Å². The first-order valence-corrected chi connectivity index (χ1v) is 2.34. The van der Waals surface area contributed by atoms with Crippen LogP contribution in [-0.4, -0.2) is 22.5 Å². The van der Waals surface area contributed by atoms with Crippen LogP contribution >= 0.6 is 0 Å². The summed E-state index contributed by atoms with van der Waals surface area (Å²) in [6.45, 7) is 1.86. The zero-order chi connectivity index (χ0) is 7.65. The maximum absolute atomic E-state index is 10.2. The number of aliphatic hydroxyl groups is 1. The van der Waals surface area contributed by atoms with Crippen LogP contribution < -0.4 is 5.11 Å². The lowest BCUT2D eigenvalue weighted by Crippen LogP contribution is -2.50. The van der Waals surface area contributed by atoms with E-state index in [1.54, 1.807) is 0 Å². The lowest BCUT2D eigenvalue weighted by atomic mass is 10.0. The highest BCUT2D eigenvalue weighted by molar-refractivity contribution is 6.03. The van der Waals surface area contributed by atoms with Crippen LogP contribution in [0, 0.1) is 0 Å². The van der Waals surface area contributed by atoms with Gasteiger partial charge >= 0.3 is 0 Å². The van der Waals surface area contributed by atoms with Gasteiger partial charge < -0.3 is 15.0 Å². The number of ketones is 1. The summed E-state index contributed by atoms with van der Waals surface area (Å²) in [6, 6.07) is 0. The molecule has 0 aliphatic heterocycles. The van der Waals surface area contributed by atoms with Gasteiger partial charge in [-0.25, -0.2) is 0 Å². The Labute approximate surface area is 52.1 Å². The normalized spacial score (nSPS) is 16.3. The van der Waals surface area contributed by atoms with Crippen molar-refractivity contribution in [1.29, 1.82) is 0 Å². The molecule has 0 saturated heterocycles. The summed E-state index contributed by atoms with van der Waals surface area (Å²) in [5.41, 5.74) is -2.33. The molecule has 0 aromatic rings. The molecule has 1 atom stereocenters. The number of carbonyl (C=O) groups is 2. The van der Waals surface area contributed by atoms with Crippen LogP contribution in [0.4, 0.5) is 0 Å². The van der Waals surface area contributed by atoms with Gasteiger partial charge in [0, 0.05) is 0 Å². The fourth-order valence-corrected chi connectivity index (χ4v) is 0.144. The van der Waals surface area contributed by atoms with Gasteiger partial charge in [0.2, 0.25) is 0 Å². The molecule has 0 bridgehead atoms. The Hall–Kier alpha value is -0.900. The van der Waals surface area contributed by atoms with Crippen LogP contribution in [0.25, 0.3) is 0 Å². The second kappa shape index (κ2) is 2.14. The zero-order valence-corrected chi connectivity index (χ0v) is 5.17. The smallest absolute Gasteiger partial charge is 0.166 e. The summed E-state index contributed by atoms with van der Waals surface area (Å²) < 4.78 is 0. The lowest BCUT2D eigenvalue weighted by molar-refractivity contribution is -0.320. The van der Waals surface area contributed by atoms with Crippen molar-refractivity contribution in [3.05, 3.63) is 0 Å². The largest absolute Gasteiger partial charge is 0.547 e. The predicted molar refractivity (Wildman–Crippen MR) is 26.3 cm³/mol. The van der Waals surface area contributed by atoms with Crippen molar-refractivity contribution < 1.29 is 19.8 Å². The first-order chi connectivity index (χ1) is 3.89. The molecule has 9 heavy (non-hydrogen) atoms. The molecule has 0 aliphatic rings. The van der Waals surface area contributed by atoms with Gasteiger partial charge in [0.15, 0.2) is 11.4 Å². The molecular formula is C5H7O4-. The van der Waals surface area contributed by atoms with E-state index >= 15 is 0 Å². The minimum atomic E-state index is -2.33. The molecule has 0 fully saturated rings. The van der Waals surface area contributed by atoms with Gasteiger partial charge in [0.25, 0.3) is 0 Å². The molecule has 0 spiro atoms. The first-order valence-electron chi connectivity index (χ1n) is 2.34. The molecule has 0 radical (unpaired) electrons. The fourth-order valence-electron chi connectivity index (χ4n) is 0.144. The molecule has 1 N–H and O–H groups in total. The van der Waals surface area contributed by atoms with E-state index in [9.17, 15) is 14.7 Å². The maximum Gasteiger partial charge on any atom is 0.166 e. The number of carboxylic acids is 1. The van der Waals surface area contributed by atoms with Crippen LogP contribution in [0.2, 0.25) is 0 Å². The molecule has 4 heteroatoms. The Balaban J connectivity index is 4.38. The van der Waals surface area contributed by atoms with Crippen LogP contribution in [0.5, 0.6) is 0 Å². The number of carboxylic acid groups (broad SMARTS) is 1. The molecule has 0 heterocycles. The second-order valence-electron chi connectivity index (χ2n) is 1.92. The third-order valence-corrected chi connectivity index (χ3v) is 1.08. The van der Waals surface area contributed by atoms with Crippen molar-refractivity contribution in [3.63, 3.8) is 0 Å². The summed E-state index contributed by atoms with van der Waals surface area (Å²) in [5.74, 6) is -2.60. The summed E-state index contributed by atoms with van der Waals surface area (Å²) in [7, 11) is 0. The summed E-state index contributed by atoms with van der Waals surface area (Å²) in [4.78, 5) is 20.1. The first kappa shape index (κ1) is 8.10. The second-order valence-corrected chi connectivity index (χ2v) is 1.92. The number of Topliss-reactive ketones (excluding diaryl/α,β-unsaturated/α-hetero) is 1. The summed E-state index contributed by atoms with van der Waals surface area (Å²) in [5, 5.41) is 18.5. The quantitative estimate of drug-likeness (QED) is 0.443. The predicted octanol–water partition coefficient (Wildman–Crippen LogP) is -1.92. The third kappa shape index (κ3) is 1.50. The van der Waals surface area contributed by atoms with Gasteiger partial charge in [-0.15, -0.1) is 0 Å². The van der Waals surface area contributed by atoms with Crippen LogP contribution in [0.3, 0.4) is 0 Å². The SMILES string of the molecule is CC(=O)[C@](C)(O)C(=O)[O-]. The minimum Gasteiger partial charge on any atom is -0.547 e. The Bertz CT molecular complexity index is 131. The van der Waals surface area contributed by atoms with Gasteiger partial charge in [-0.1, -0.05) is 0 Å². The average Bonchev–Trinajstić information content (AvgIpc) is 1.65. The van der Waals surface area contributed by atoms with Gasteiger partial charge in [0.1, 0.15) is 0 Å². The van der Waals surface area contributed by atoms with Crippen LogP contribution in [0.1, 0.15) is 13.8 Å². The fraction of sp³-hybridized carbons (Fsp3) is 0.600. The zero-order valence-electron chi connectivity index (χ0n) is 5.17. The molecule has 4 nitrogen and oxygen atoms in total. The van der Waals surface area contributed by atoms with E-state index in [1.807, 2.05) is 0 Å². The Kier molecular flexibility index (Phi) is 1.93. The maximum atomic E-state index is 10.2. The third-order valence-electron chi connectivity index (χ3n) is 1.08. The number of aliphatic carboxylic acids is 1. The highest BCUT2D eigenvalue weighted by Gasteiger charge is 2.27. The Morgan fingerprint density at radius 1 is 1.56 bits per heavy atom.